The lowest BCUT2D eigenvalue weighted by Gasteiger charge is -2.30. The molecule has 2 unspecified atom stereocenters. The van der Waals surface area contributed by atoms with Gasteiger partial charge in [-0.25, -0.2) is 0 Å². The zero-order valence-corrected chi connectivity index (χ0v) is 27.7. The van der Waals surface area contributed by atoms with E-state index < -0.39 is 0 Å². The lowest BCUT2D eigenvalue weighted by molar-refractivity contribution is 0.228. The fourth-order valence-corrected chi connectivity index (χ4v) is 6.31. The number of pyridine rings is 2. The summed E-state index contributed by atoms with van der Waals surface area (Å²) in [5, 5.41) is 0. The Kier molecular flexibility index (Phi) is 12.7. The average molecular weight is 579 g/mol. The summed E-state index contributed by atoms with van der Waals surface area (Å²) in [6.07, 6.45) is 16.9. The van der Waals surface area contributed by atoms with Gasteiger partial charge in [-0.3, -0.25) is 9.97 Å². The molecule has 0 spiro atoms. The summed E-state index contributed by atoms with van der Waals surface area (Å²) in [6, 6.07) is 14.7. The molecule has 43 heavy (non-hydrogen) atoms. The molecule has 230 valence electrons. The summed E-state index contributed by atoms with van der Waals surface area (Å²) in [6.45, 7) is 13.5. The third kappa shape index (κ3) is 10.2. The molecule has 0 N–H and O–H groups in total. The number of aryl methyl sites for hydroxylation is 2. The molecule has 1 aliphatic rings. The maximum Gasteiger partial charge on any atom is 0.138 e. The van der Waals surface area contributed by atoms with Crippen molar-refractivity contribution in [1.29, 1.82) is 0 Å². The first-order valence-electron chi connectivity index (χ1n) is 17.1. The van der Waals surface area contributed by atoms with Gasteiger partial charge in [0.15, 0.2) is 0 Å². The zero-order chi connectivity index (χ0) is 30.6. The summed E-state index contributed by atoms with van der Waals surface area (Å²) in [5.74, 6) is 11.4. The van der Waals surface area contributed by atoms with E-state index in [1.807, 2.05) is 12.3 Å². The van der Waals surface area contributed by atoms with Crippen molar-refractivity contribution >= 4 is 0 Å². The number of benzene rings is 1. The van der Waals surface area contributed by atoms with Crippen LogP contribution in [0.4, 0.5) is 0 Å². The lowest BCUT2D eigenvalue weighted by Crippen LogP contribution is -2.17. The van der Waals surface area contributed by atoms with E-state index in [1.54, 1.807) is 0 Å². The predicted octanol–water partition coefficient (Wildman–Crippen LogP) is 11.2. The molecule has 1 fully saturated rings. The molecule has 0 radical (unpaired) electrons. The van der Waals surface area contributed by atoms with Crippen LogP contribution in [0.3, 0.4) is 0 Å². The normalized spacial score (nSPS) is 14.6. The van der Waals surface area contributed by atoms with Crippen molar-refractivity contribution in [1.82, 2.24) is 9.97 Å². The van der Waals surface area contributed by atoms with Gasteiger partial charge in [0.2, 0.25) is 0 Å². The van der Waals surface area contributed by atoms with E-state index in [0.29, 0.717) is 11.8 Å². The fraction of sp³-hybridized carbons (Fsp3) is 0.550. The molecule has 0 bridgehead atoms. The quantitative estimate of drug-likeness (QED) is 0.168. The molecule has 1 aromatic carbocycles. The number of unbranched alkanes of at least 4 members (excludes halogenated alkanes) is 1. The largest absolute Gasteiger partial charge is 0.456 e. The molecular weight excluding hydrogens is 524 g/mol. The van der Waals surface area contributed by atoms with Crippen molar-refractivity contribution in [2.24, 2.45) is 23.7 Å². The number of ether oxygens (including phenoxy) is 1. The Morgan fingerprint density at radius 1 is 0.953 bits per heavy atom. The van der Waals surface area contributed by atoms with Crippen LogP contribution in [-0.2, 0) is 12.8 Å². The second kappa shape index (κ2) is 16.7. The highest BCUT2D eigenvalue weighted by molar-refractivity contribution is 5.69. The Hall–Kier alpha value is -3.12. The van der Waals surface area contributed by atoms with Crippen molar-refractivity contribution in [3.63, 3.8) is 0 Å². The number of rotatable bonds is 15. The van der Waals surface area contributed by atoms with Crippen LogP contribution in [0.2, 0.25) is 0 Å². The van der Waals surface area contributed by atoms with Crippen LogP contribution in [0.5, 0.6) is 11.5 Å². The van der Waals surface area contributed by atoms with Gasteiger partial charge in [0.05, 0.1) is 5.69 Å². The van der Waals surface area contributed by atoms with Crippen molar-refractivity contribution in [2.75, 3.05) is 0 Å². The average Bonchev–Trinajstić information content (AvgIpc) is 2.95. The van der Waals surface area contributed by atoms with E-state index in [-0.39, 0.29) is 0 Å². The molecule has 3 aromatic rings. The van der Waals surface area contributed by atoms with Gasteiger partial charge in [0, 0.05) is 47.3 Å². The van der Waals surface area contributed by atoms with Crippen LogP contribution < -0.4 is 4.74 Å². The third-order valence-electron chi connectivity index (χ3n) is 9.03. The van der Waals surface area contributed by atoms with E-state index in [9.17, 15) is 0 Å². The maximum atomic E-state index is 6.66. The second-order valence-corrected chi connectivity index (χ2v) is 13.4. The monoisotopic (exact) mass is 578 g/mol. The standard InChI is InChI=1S/C40H54N2O/c1-7-9-10-13-33-18-22-38(39-23-19-34(28-41-39)24-29(3)4)40(26-33)43-37-25-31(6)42-36(27-37)21-16-30(5)35(12-8-2)20-17-32-14-11-15-32/h18-19,22-23,25-30,32,35H,7-9,11-12,14-17,20-21,24H2,1-6H3. The van der Waals surface area contributed by atoms with Crippen molar-refractivity contribution < 1.29 is 4.74 Å². The molecule has 1 aliphatic carbocycles. The van der Waals surface area contributed by atoms with Gasteiger partial charge in [-0.1, -0.05) is 91.1 Å². The van der Waals surface area contributed by atoms with Gasteiger partial charge < -0.3 is 4.74 Å². The topological polar surface area (TPSA) is 35.0 Å². The highest BCUT2D eigenvalue weighted by Crippen LogP contribution is 2.36. The van der Waals surface area contributed by atoms with Gasteiger partial charge in [-0.15, -0.1) is 0 Å². The summed E-state index contributed by atoms with van der Waals surface area (Å²) in [4.78, 5) is 9.75. The molecule has 2 aromatic heterocycles. The summed E-state index contributed by atoms with van der Waals surface area (Å²) in [5.41, 5.74) is 6.23. The number of nitrogens with zero attached hydrogens (tertiary/aromatic N) is 2. The van der Waals surface area contributed by atoms with Gasteiger partial charge in [0.1, 0.15) is 11.5 Å². The second-order valence-electron chi connectivity index (χ2n) is 13.4. The van der Waals surface area contributed by atoms with Crippen LogP contribution in [0.15, 0.2) is 48.7 Å². The Labute approximate surface area is 262 Å². The van der Waals surface area contributed by atoms with Crippen LogP contribution in [0, 0.1) is 42.4 Å². The smallest absolute Gasteiger partial charge is 0.138 e. The van der Waals surface area contributed by atoms with Crippen molar-refractivity contribution in [3.05, 3.63) is 71.2 Å². The molecule has 2 heterocycles. The third-order valence-corrected chi connectivity index (χ3v) is 9.03. The fourth-order valence-electron chi connectivity index (χ4n) is 6.31. The maximum absolute atomic E-state index is 6.66. The first kappa shape index (κ1) is 32.8. The van der Waals surface area contributed by atoms with E-state index in [1.165, 1.54) is 56.9 Å². The molecular formula is C40H54N2O. The molecule has 0 aliphatic heterocycles. The number of hydrogen-bond acceptors (Lipinski definition) is 3. The minimum Gasteiger partial charge on any atom is -0.456 e. The van der Waals surface area contributed by atoms with Crippen LogP contribution >= 0.6 is 0 Å². The predicted molar refractivity (Wildman–Crippen MR) is 182 cm³/mol. The Bertz CT molecular complexity index is 1340. The molecule has 3 heteroatoms. The molecule has 2 atom stereocenters. The zero-order valence-electron chi connectivity index (χ0n) is 27.7. The minimum atomic E-state index is 0.601. The van der Waals surface area contributed by atoms with Crippen molar-refractivity contribution in [2.45, 2.75) is 119 Å². The van der Waals surface area contributed by atoms with Gasteiger partial charge in [-0.05, 0) is 92.5 Å². The highest BCUT2D eigenvalue weighted by atomic mass is 16.5. The summed E-state index contributed by atoms with van der Waals surface area (Å²) >= 11 is 0. The SMILES string of the molecule is CCCC#Cc1ccc(-c2ccc(CC(C)C)cn2)c(Oc2cc(C)nc(CCC(C)C(CCC)CCC3CCC3)c2)c1. The van der Waals surface area contributed by atoms with E-state index >= 15 is 0 Å². The van der Waals surface area contributed by atoms with Crippen molar-refractivity contribution in [3.8, 4) is 34.6 Å². The molecule has 3 nitrogen and oxygen atoms in total. The lowest BCUT2D eigenvalue weighted by atomic mass is 9.76. The number of hydrogen-bond donors (Lipinski definition) is 0. The van der Waals surface area contributed by atoms with Gasteiger partial charge in [0.25, 0.3) is 0 Å². The highest BCUT2D eigenvalue weighted by Gasteiger charge is 2.22. The summed E-state index contributed by atoms with van der Waals surface area (Å²) in [7, 11) is 0. The van der Waals surface area contributed by atoms with Crippen LogP contribution in [0.25, 0.3) is 11.3 Å². The summed E-state index contributed by atoms with van der Waals surface area (Å²) < 4.78 is 6.66. The Morgan fingerprint density at radius 2 is 1.79 bits per heavy atom. The first-order valence-corrected chi connectivity index (χ1v) is 17.1. The van der Waals surface area contributed by atoms with Gasteiger partial charge in [-0.2, -0.15) is 0 Å². The first-order chi connectivity index (χ1) is 20.8. The minimum absolute atomic E-state index is 0.601. The van der Waals surface area contributed by atoms with Gasteiger partial charge >= 0.3 is 0 Å². The molecule has 4 rings (SSSR count). The molecule has 0 saturated heterocycles. The van der Waals surface area contributed by atoms with Crippen LogP contribution in [-0.4, -0.2) is 9.97 Å². The van der Waals surface area contributed by atoms with E-state index in [2.05, 4.69) is 89.8 Å². The van der Waals surface area contributed by atoms with E-state index in [4.69, 9.17) is 14.7 Å². The molecule has 1 saturated carbocycles. The van der Waals surface area contributed by atoms with E-state index in [0.717, 1.165) is 77.2 Å². The molecule has 0 amide bonds. The Morgan fingerprint density at radius 3 is 2.47 bits per heavy atom. The van der Waals surface area contributed by atoms with Crippen LogP contribution in [0.1, 0.15) is 121 Å². The Balaban J connectivity index is 1.52. The number of aromatic nitrogens is 2.